The number of nitrogens with zero attached hydrogens (tertiary/aromatic N) is 3. The number of carbonyl (C=O) groups excluding carboxylic acids is 2. The Bertz CT molecular complexity index is 667. The molecular formula is C15H18N4O2S. The minimum Gasteiger partial charge on any atom is -0.341 e. The van der Waals surface area contributed by atoms with Crippen molar-refractivity contribution in [3.63, 3.8) is 0 Å². The number of nitrogens with one attached hydrogen (secondary N) is 1. The SMILES string of the molecule is CC(=O)N1CCCN(C(=O)Nc2nc3ccccc3s2)CC1. The molecule has 1 saturated heterocycles. The molecule has 2 aromatic rings. The van der Waals surface area contributed by atoms with Gasteiger partial charge < -0.3 is 9.80 Å². The van der Waals surface area contributed by atoms with Gasteiger partial charge in [-0.3, -0.25) is 10.1 Å². The predicted molar refractivity (Wildman–Crippen MR) is 87.1 cm³/mol. The molecule has 0 aliphatic carbocycles. The van der Waals surface area contributed by atoms with Crippen molar-refractivity contribution < 1.29 is 9.59 Å². The largest absolute Gasteiger partial charge is 0.341 e. The molecule has 22 heavy (non-hydrogen) atoms. The van der Waals surface area contributed by atoms with Crippen LogP contribution in [0.1, 0.15) is 13.3 Å². The fraction of sp³-hybridized carbons (Fsp3) is 0.400. The quantitative estimate of drug-likeness (QED) is 0.878. The molecule has 0 bridgehead atoms. The van der Waals surface area contributed by atoms with Crippen LogP contribution in [0.2, 0.25) is 0 Å². The Morgan fingerprint density at radius 2 is 1.86 bits per heavy atom. The first-order valence-corrected chi connectivity index (χ1v) is 8.12. The van der Waals surface area contributed by atoms with Gasteiger partial charge in [0, 0.05) is 33.1 Å². The first kappa shape index (κ1) is 14.8. The molecule has 2 heterocycles. The van der Waals surface area contributed by atoms with Gasteiger partial charge in [-0.05, 0) is 18.6 Å². The number of para-hydroxylation sites is 1. The van der Waals surface area contributed by atoms with Crippen LogP contribution < -0.4 is 5.32 Å². The molecule has 0 spiro atoms. The highest BCUT2D eigenvalue weighted by atomic mass is 32.1. The molecule has 116 valence electrons. The summed E-state index contributed by atoms with van der Waals surface area (Å²) in [6.07, 6.45) is 0.798. The average molecular weight is 318 g/mol. The van der Waals surface area contributed by atoms with Crippen molar-refractivity contribution in [1.82, 2.24) is 14.8 Å². The van der Waals surface area contributed by atoms with Gasteiger partial charge in [0.05, 0.1) is 10.2 Å². The molecule has 1 aromatic heterocycles. The number of thiazole rings is 1. The highest BCUT2D eigenvalue weighted by molar-refractivity contribution is 7.22. The summed E-state index contributed by atoms with van der Waals surface area (Å²) in [6, 6.07) is 7.65. The van der Waals surface area contributed by atoms with Crippen LogP contribution in [0.5, 0.6) is 0 Å². The van der Waals surface area contributed by atoms with E-state index < -0.39 is 0 Å². The van der Waals surface area contributed by atoms with Crippen LogP contribution in [-0.4, -0.2) is 52.9 Å². The Morgan fingerprint density at radius 1 is 1.14 bits per heavy atom. The number of hydrogen-bond donors (Lipinski definition) is 1. The van der Waals surface area contributed by atoms with Gasteiger partial charge in [0.1, 0.15) is 0 Å². The number of benzene rings is 1. The highest BCUT2D eigenvalue weighted by Gasteiger charge is 2.21. The molecule has 7 heteroatoms. The fourth-order valence-electron chi connectivity index (χ4n) is 2.53. The second kappa shape index (κ2) is 6.31. The maximum absolute atomic E-state index is 12.4. The molecular weight excluding hydrogens is 300 g/mol. The number of anilines is 1. The molecule has 1 fully saturated rings. The van der Waals surface area contributed by atoms with Gasteiger partial charge in [0.25, 0.3) is 0 Å². The third kappa shape index (κ3) is 3.19. The van der Waals surface area contributed by atoms with E-state index in [4.69, 9.17) is 0 Å². The molecule has 0 saturated carbocycles. The van der Waals surface area contributed by atoms with E-state index in [9.17, 15) is 9.59 Å². The number of carbonyl (C=O) groups is 2. The summed E-state index contributed by atoms with van der Waals surface area (Å²) in [7, 11) is 0. The third-order valence-electron chi connectivity index (χ3n) is 3.74. The molecule has 0 unspecified atom stereocenters. The van der Waals surface area contributed by atoms with Crippen LogP contribution in [0.4, 0.5) is 9.93 Å². The molecule has 6 nitrogen and oxygen atoms in total. The number of rotatable bonds is 1. The molecule has 0 atom stereocenters. The normalized spacial score (nSPS) is 15.7. The van der Waals surface area contributed by atoms with Gasteiger partial charge in [0.2, 0.25) is 5.91 Å². The smallest absolute Gasteiger partial charge is 0.323 e. The number of aromatic nitrogens is 1. The summed E-state index contributed by atoms with van der Waals surface area (Å²) >= 11 is 1.47. The van der Waals surface area contributed by atoms with E-state index in [2.05, 4.69) is 10.3 Å². The van der Waals surface area contributed by atoms with Crippen LogP contribution in [-0.2, 0) is 4.79 Å². The van der Waals surface area contributed by atoms with Crippen molar-refractivity contribution in [2.24, 2.45) is 0 Å². The zero-order chi connectivity index (χ0) is 15.5. The van der Waals surface area contributed by atoms with E-state index in [0.717, 1.165) is 16.6 Å². The maximum Gasteiger partial charge on any atom is 0.323 e. The Hall–Kier alpha value is -2.15. The zero-order valence-electron chi connectivity index (χ0n) is 12.4. The van der Waals surface area contributed by atoms with Crippen molar-refractivity contribution in [2.45, 2.75) is 13.3 Å². The van der Waals surface area contributed by atoms with Gasteiger partial charge in [0.15, 0.2) is 5.13 Å². The number of amides is 3. The van der Waals surface area contributed by atoms with Gasteiger partial charge in [-0.2, -0.15) is 0 Å². The van der Waals surface area contributed by atoms with Gasteiger partial charge >= 0.3 is 6.03 Å². The van der Waals surface area contributed by atoms with Gasteiger partial charge in [-0.1, -0.05) is 23.5 Å². The standard InChI is InChI=1S/C15H18N4O2S/c1-11(20)18-7-4-8-19(10-9-18)15(21)17-14-16-12-5-2-3-6-13(12)22-14/h2-3,5-6H,4,7-10H2,1H3,(H,16,17,21). The van der Waals surface area contributed by atoms with Gasteiger partial charge in [-0.25, -0.2) is 9.78 Å². The lowest BCUT2D eigenvalue weighted by atomic mass is 10.3. The summed E-state index contributed by atoms with van der Waals surface area (Å²) < 4.78 is 1.05. The summed E-state index contributed by atoms with van der Waals surface area (Å²) in [5.74, 6) is 0.0634. The van der Waals surface area contributed by atoms with E-state index in [-0.39, 0.29) is 11.9 Å². The lowest BCUT2D eigenvalue weighted by Crippen LogP contribution is -2.38. The summed E-state index contributed by atoms with van der Waals surface area (Å²) in [5.41, 5.74) is 0.890. The summed E-state index contributed by atoms with van der Waals surface area (Å²) in [4.78, 5) is 31.7. The maximum atomic E-state index is 12.4. The first-order chi connectivity index (χ1) is 10.6. The van der Waals surface area contributed by atoms with Crippen molar-refractivity contribution in [2.75, 3.05) is 31.5 Å². The highest BCUT2D eigenvalue weighted by Crippen LogP contribution is 2.25. The minimum absolute atomic E-state index is 0.0634. The second-order valence-electron chi connectivity index (χ2n) is 5.26. The lowest BCUT2D eigenvalue weighted by molar-refractivity contribution is -0.128. The summed E-state index contributed by atoms with van der Waals surface area (Å²) in [6.45, 7) is 4.07. The summed E-state index contributed by atoms with van der Waals surface area (Å²) in [5, 5.41) is 3.47. The molecule has 0 radical (unpaired) electrons. The van der Waals surface area contributed by atoms with E-state index >= 15 is 0 Å². The predicted octanol–water partition coefficient (Wildman–Crippen LogP) is 2.38. The second-order valence-corrected chi connectivity index (χ2v) is 6.29. The van der Waals surface area contributed by atoms with E-state index in [0.29, 0.717) is 31.3 Å². The van der Waals surface area contributed by atoms with Crippen molar-refractivity contribution in [1.29, 1.82) is 0 Å². The number of hydrogen-bond acceptors (Lipinski definition) is 4. The fourth-order valence-corrected chi connectivity index (χ4v) is 3.39. The Morgan fingerprint density at radius 3 is 2.64 bits per heavy atom. The Balaban J connectivity index is 1.65. The minimum atomic E-state index is -0.149. The zero-order valence-corrected chi connectivity index (χ0v) is 13.2. The molecule has 3 rings (SSSR count). The molecule has 3 amide bonds. The van der Waals surface area contributed by atoms with Gasteiger partial charge in [-0.15, -0.1) is 0 Å². The van der Waals surface area contributed by atoms with Crippen LogP contribution in [0.3, 0.4) is 0 Å². The lowest BCUT2D eigenvalue weighted by Gasteiger charge is -2.21. The van der Waals surface area contributed by atoms with E-state index in [1.807, 2.05) is 24.3 Å². The van der Waals surface area contributed by atoms with Crippen molar-refractivity contribution >= 4 is 38.6 Å². The number of fused-ring (bicyclic) bond motifs is 1. The topological polar surface area (TPSA) is 65.5 Å². The van der Waals surface area contributed by atoms with Crippen LogP contribution >= 0.6 is 11.3 Å². The Kier molecular flexibility index (Phi) is 4.24. The van der Waals surface area contributed by atoms with E-state index in [1.165, 1.54) is 11.3 Å². The third-order valence-corrected chi connectivity index (χ3v) is 4.69. The Labute approximate surface area is 132 Å². The van der Waals surface area contributed by atoms with Crippen LogP contribution in [0, 0.1) is 0 Å². The van der Waals surface area contributed by atoms with E-state index in [1.54, 1.807) is 16.7 Å². The van der Waals surface area contributed by atoms with Crippen LogP contribution in [0.15, 0.2) is 24.3 Å². The molecule has 1 aliphatic rings. The van der Waals surface area contributed by atoms with Crippen molar-refractivity contribution in [3.05, 3.63) is 24.3 Å². The average Bonchev–Trinajstić information content (AvgIpc) is 2.73. The van der Waals surface area contributed by atoms with Crippen molar-refractivity contribution in [3.8, 4) is 0 Å². The first-order valence-electron chi connectivity index (χ1n) is 7.30. The molecule has 1 N–H and O–H groups in total. The number of urea groups is 1. The monoisotopic (exact) mass is 318 g/mol. The molecule has 1 aliphatic heterocycles. The molecule has 1 aromatic carbocycles. The van der Waals surface area contributed by atoms with Crippen LogP contribution in [0.25, 0.3) is 10.2 Å².